The highest BCUT2D eigenvalue weighted by Crippen LogP contribution is 2.18. The van der Waals surface area contributed by atoms with Gasteiger partial charge in [0.1, 0.15) is 5.51 Å². The fourth-order valence-corrected chi connectivity index (χ4v) is 1.83. The van der Waals surface area contributed by atoms with E-state index in [1.165, 1.54) is 6.42 Å². The van der Waals surface area contributed by atoms with Gasteiger partial charge in [0.2, 0.25) is 0 Å². The molecular weight excluding hydrogens is 152 g/mol. The average Bonchev–Trinajstić information content (AvgIpc) is 2.34. The molecule has 0 saturated heterocycles. The van der Waals surface area contributed by atoms with Crippen LogP contribution in [0.1, 0.15) is 13.3 Å². The number of hydrogen-bond acceptors (Lipinski definition) is 4. The molecule has 1 rings (SSSR count). The highest BCUT2D eigenvalue weighted by Gasteiger charge is 1.93. The first-order valence-corrected chi connectivity index (χ1v) is 4.69. The van der Waals surface area contributed by atoms with E-state index in [0.717, 1.165) is 10.1 Å². The van der Waals surface area contributed by atoms with Crippen molar-refractivity contribution in [1.82, 2.24) is 10.2 Å². The van der Waals surface area contributed by atoms with Crippen LogP contribution in [0.5, 0.6) is 0 Å². The van der Waals surface area contributed by atoms with Gasteiger partial charge in [0, 0.05) is 5.75 Å². The van der Waals surface area contributed by atoms with Crippen LogP contribution in [0.2, 0.25) is 0 Å². The van der Waals surface area contributed by atoms with Crippen molar-refractivity contribution in [1.29, 1.82) is 0 Å². The van der Waals surface area contributed by atoms with E-state index in [-0.39, 0.29) is 0 Å². The van der Waals surface area contributed by atoms with Gasteiger partial charge in [0.05, 0.1) is 0 Å². The molecule has 1 aromatic rings. The van der Waals surface area contributed by atoms with Crippen LogP contribution in [-0.4, -0.2) is 16.0 Å². The first-order valence-electron chi connectivity index (χ1n) is 2.82. The summed E-state index contributed by atoms with van der Waals surface area (Å²) in [4.78, 5) is 0. The van der Waals surface area contributed by atoms with Crippen LogP contribution in [-0.2, 0) is 0 Å². The van der Waals surface area contributed by atoms with Crippen molar-refractivity contribution in [2.24, 2.45) is 0 Å². The molecule has 50 valence electrons. The molecule has 0 fully saturated rings. The fraction of sp³-hybridized carbons (Fsp3) is 0.600. The first-order chi connectivity index (χ1) is 4.43. The summed E-state index contributed by atoms with van der Waals surface area (Å²) in [6.07, 6.45) is 1.20. The zero-order chi connectivity index (χ0) is 6.53. The Kier molecular flexibility index (Phi) is 3.00. The summed E-state index contributed by atoms with van der Waals surface area (Å²) in [5, 5.41) is 7.61. The quantitative estimate of drug-likeness (QED) is 0.633. The molecule has 0 unspecified atom stereocenters. The summed E-state index contributed by atoms with van der Waals surface area (Å²) >= 11 is 3.38. The normalized spacial score (nSPS) is 9.89. The Balaban J connectivity index is 2.30. The molecule has 0 aliphatic rings. The molecule has 0 spiro atoms. The maximum atomic E-state index is 3.89. The van der Waals surface area contributed by atoms with Gasteiger partial charge < -0.3 is 0 Å². The predicted octanol–water partition coefficient (Wildman–Crippen LogP) is 2.04. The second kappa shape index (κ2) is 3.85. The van der Waals surface area contributed by atoms with Gasteiger partial charge in [-0.2, -0.15) is 0 Å². The smallest absolute Gasteiger partial charge is 0.146 e. The van der Waals surface area contributed by atoms with Crippen molar-refractivity contribution in [3.05, 3.63) is 5.51 Å². The van der Waals surface area contributed by atoms with Crippen LogP contribution in [0.25, 0.3) is 0 Å². The van der Waals surface area contributed by atoms with Gasteiger partial charge in [-0.05, 0) is 6.42 Å². The molecule has 0 aliphatic heterocycles. The lowest BCUT2D eigenvalue weighted by Crippen LogP contribution is -1.73. The van der Waals surface area contributed by atoms with Crippen molar-refractivity contribution in [2.45, 2.75) is 17.7 Å². The Morgan fingerprint density at radius 3 is 3.22 bits per heavy atom. The van der Waals surface area contributed by atoms with Crippen molar-refractivity contribution < 1.29 is 0 Å². The number of hydrogen-bond donors (Lipinski definition) is 0. The van der Waals surface area contributed by atoms with Crippen LogP contribution in [0, 0.1) is 0 Å². The fourth-order valence-electron chi connectivity index (χ4n) is 0.415. The molecule has 1 aromatic heterocycles. The van der Waals surface area contributed by atoms with Crippen LogP contribution in [0.15, 0.2) is 9.85 Å². The Hall–Kier alpha value is -0.0900. The van der Waals surface area contributed by atoms with Crippen LogP contribution < -0.4 is 0 Å². The Labute approximate surface area is 62.7 Å². The summed E-state index contributed by atoms with van der Waals surface area (Å²) in [5.74, 6) is 1.15. The van der Waals surface area contributed by atoms with E-state index in [9.17, 15) is 0 Å². The van der Waals surface area contributed by atoms with Crippen molar-refractivity contribution in [2.75, 3.05) is 5.75 Å². The molecular formula is C5H8N2S2. The Morgan fingerprint density at radius 2 is 2.67 bits per heavy atom. The third kappa shape index (κ3) is 2.32. The van der Waals surface area contributed by atoms with Crippen molar-refractivity contribution in [3.8, 4) is 0 Å². The zero-order valence-electron chi connectivity index (χ0n) is 5.20. The second-order valence-electron chi connectivity index (χ2n) is 1.55. The minimum absolute atomic E-state index is 1.08. The monoisotopic (exact) mass is 160 g/mol. The van der Waals surface area contributed by atoms with Gasteiger partial charge in [0.25, 0.3) is 0 Å². The Morgan fingerprint density at radius 1 is 1.78 bits per heavy atom. The van der Waals surface area contributed by atoms with Crippen molar-refractivity contribution in [3.63, 3.8) is 0 Å². The SMILES string of the molecule is CCCSc1nncs1. The van der Waals surface area contributed by atoms with Gasteiger partial charge in [-0.15, -0.1) is 10.2 Å². The summed E-state index contributed by atoms with van der Waals surface area (Å²) in [7, 11) is 0. The molecule has 4 heteroatoms. The minimum atomic E-state index is 1.08. The molecule has 0 saturated carbocycles. The highest BCUT2D eigenvalue weighted by molar-refractivity contribution is 8.00. The average molecular weight is 160 g/mol. The van der Waals surface area contributed by atoms with Gasteiger partial charge in [-0.25, -0.2) is 0 Å². The van der Waals surface area contributed by atoms with Gasteiger partial charge in [-0.1, -0.05) is 30.0 Å². The third-order valence-corrected chi connectivity index (χ3v) is 2.84. The summed E-state index contributed by atoms with van der Waals surface area (Å²) in [6, 6.07) is 0. The molecule has 0 aromatic carbocycles. The molecule has 9 heavy (non-hydrogen) atoms. The third-order valence-electron chi connectivity index (χ3n) is 0.770. The van der Waals surface area contributed by atoms with Crippen LogP contribution >= 0.6 is 23.1 Å². The van der Waals surface area contributed by atoms with Gasteiger partial charge in [-0.3, -0.25) is 0 Å². The van der Waals surface area contributed by atoms with E-state index in [0.29, 0.717) is 0 Å². The van der Waals surface area contributed by atoms with E-state index in [4.69, 9.17) is 0 Å². The molecule has 0 atom stereocenters. The lowest BCUT2D eigenvalue weighted by molar-refractivity contribution is 1.01. The standard InChI is InChI=1S/C5H8N2S2/c1-2-3-8-5-7-6-4-9-5/h4H,2-3H2,1H3. The van der Waals surface area contributed by atoms with Crippen LogP contribution in [0.4, 0.5) is 0 Å². The molecule has 1 heterocycles. The van der Waals surface area contributed by atoms with E-state index in [2.05, 4.69) is 17.1 Å². The topological polar surface area (TPSA) is 25.8 Å². The zero-order valence-corrected chi connectivity index (χ0v) is 6.84. The minimum Gasteiger partial charge on any atom is -0.146 e. The van der Waals surface area contributed by atoms with E-state index < -0.39 is 0 Å². The molecule has 0 N–H and O–H groups in total. The van der Waals surface area contributed by atoms with Crippen molar-refractivity contribution >= 4 is 23.1 Å². The predicted molar refractivity (Wildman–Crippen MR) is 40.9 cm³/mol. The number of rotatable bonds is 3. The highest BCUT2D eigenvalue weighted by atomic mass is 32.2. The maximum Gasteiger partial charge on any atom is 0.174 e. The van der Waals surface area contributed by atoms with E-state index in [1.807, 2.05) is 0 Å². The maximum absolute atomic E-state index is 3.89. The lowest BCUT2D eigenvalue weighted by Gasteiger charge is -1.87. The number of nitrogens with zero attached hydrogens (tertiary/aromatic N) is 2. The first kappa shape index (κ1) is 7.02. The molecule has 2 nitrogen and oxygen atoms in total. The Bertz CT molecular complexity index is 150. The molecule has 0 bridgehead atoms. The largest absolute Gasteiger partial charge is 0.174 e. The second-order valence-corrected chi connectivity index (χ2v) is 3.73. The summed E-state index contributed by atoms with van der Waals surface area (Å²) in [5.41, 5.74) is 1.76. The van der Waals surface area contributed by atoms with E-state index in [1.54, 1.807) is 28.6 Å². The number of thioether (sulfide) groups is 1. The summed E-state index contributed by atoms with van der Waals surface area (Å²) in [6.45, 7) is 2.16. The van der Waals surface area contributed by atoms with Crippen LogP contribution in [0.3, 0.4) is 0 Å². The number of aromatic nitrogens is 2. The summed E-state index contributed by atoms with van der Waals surface area (Å²) < 4.78 is 1.08. The molecule has 0 amide bonds. The van der Waals surface area contributed by atoms with Gasteiger partial charge in [0.15, 0.2) is 4.34 Å². The lowest BCUT2D eigenvalue weighted by atomic mass is 10.6. The van der Waals surface area contributed by atoms with Gasteiger partial charge >= 0.3 is 0 Å². The molecule has 0 aliphatic carbocycles. The van der Waals surface area contributed by atoms with E-state index >= 15 is 0 Å². The molecule has 0 radical (unpaired) electrons.